The summed E-state index contributed by atoms with van der Waals surface area (Å²) in [5, 5.41) is 7.54. The fourth-order valence-electron chi connectivity index (χ4n) is 1.14. The minimum atomic E-state index is -0.408. The van der Waals surface area contributed by atoms with Crippen LogP contribution in [0, 0.1) is 6.92 Å². The fraction of sp³-hybridized carbons (Fsp3) is 0.273. The third-order valence-electron chi connectivity index (χ3n) is 2.14. The van der Waals surface area contributed by atoms with Crippen LogP contribution in [0.5, 0.6) is 0 Å². The van der Waals surface area contributed by atoms with Crippen molar-refractivity contribution in [2.75, 3.05) is 18.9 Å². The molecule has 92 valence electrons. The largest absolute Gasteiger partial charge is 0.358 e. The van der Waals surface area contributed by atoms with E-state index in [1.165, 1.54) is 7.05 Å². The van der Waals surface area contributed by atoms with Gasteiger partial charge in [-0.1, -0.05) is 22.0 Å². The van der Waals surface area contributed by atoms with E-state index in [2.05, 4.69) is 31.9 Å². The van der Waals surface area contributed by atoms with Crippen molar-refractivity contribution in [3.63, 3.8) is 0 Å². The molecule has 0 fully saturated rings. The number of amides is 3. The molecule has 0 bridgehead atoms. The number of aryl methyl sites for hydroxylation is 1. The lowest BCUT2D eigenvalue weighted by Gasteiger charge is -2.09. The number of carbonyl (C=O) groups is 2. The van der Waals surface area contributed by atoms with Crippen LogP contribution < -0.4 is 16.0 Å². The molecule has 0 spiro atoms. The Hall–Kier alpha value is -1.56. The molecule has 0 saturated carbocycles. The molecule has 0 heterocycles. The predicted octanol–water partition coefficient (Wildman–Crippen LogP) is 1.63. The van der Waals surface area contributed by atoms with E-state index in [1.807, 2.05) is 19.1 Å². The van der Waals surface area contributed by atoms with E-state index in [0.717, 1.165) is 10.0 Å². The fourth-order valence-corrected chi connectivity index (χ4v) is 1.51. The highest BCUT2D eigenvalue weighted by Crippen LogP contribution is 2.20. The smallest absolute Gasteiger partial charge is 0.319 e. The molecule has 5 nitrogen and oxygen atoms in total. The van der Waals surface area contributed by atoms with Crippen LogP contribution in [0.2, 0.25) is 0 Å². The van der Waals surface area contributed by atoms with Gasteiger partial charge in [-0.3, -0.25) is 4.79 Å². The van der Waals surface area contributed by atoms with Gasteiger partial charge in [-0.25, -0.2) is 4.79 Å². The van der Waals surface area contributed by atoms with Crippen molar-refractivity contribution in [3.05, 3.63) is 28.2 Å². The van der Waals surface area contributed by atoms with Crippen LogP contribution in [-0.2, 0) is 4.79 Å². The molecular formula is C11H14BrN3O2. The highest BCUT2D eigenvalue weighted by molar-refractivity contribution is 9.10. The third-order valence-corrected chi connectivity index (χ3v) is 2.63. The first-order valence-electron chi connectivity index (χ1n) is 5.04. The zero-order chi connectivity index (χ0) is 12.8. The quantitative estimate of drug-likeness (QED) is 0.794. The van der Waals surface area contributed by atoms with Crippen LogP contribution >= 0.6 is 15.9 Å². The summed E-state index contributed by atoms with van der Waals surface area (Å²) in [6.45, 7) is 1.84. The van der Waals surface area contributed by atoms with Crippen LogP contribution in [0.4, 0.5) is 10.5 Å². The lowest BCUT2D eigenvalue weighted by atomic mass is 10.2. The van der Waals surface area contributed by atoms with Crippen LogP contribution in [0.15, 0.2) is 22.7 Å². The van der Waals surface area contributed by atoms with E-state index in [4.69, 9.17) is 0 Å². The van der Waals surface area contributed by atoms with Crippen molar-refractivity contribution in [1.29, 1.82) is 0 Å². The number of urea groups is 1. The summed E-state index contributed by atoms with van der Waals surface area (Å²) in [5.74, 6) is -0.244. The van der Waals surface area contributed by atoms with Gasteiger partial charge in [-0.05, 0) is 24.6 Å². The minimum absolute atomic E-state index is 0.0462. The lowest BCUT2D eigenvalue weighted by molar-refractivity contribution is -0.119. The van der Waals surface area contributed by atoms with Gasteiger partial charge in [-0.2, -0.15) is 0 Å². The Labute approximate surface area is 108 Å². The van der Waals surface area contributed by atoms with Crippen molar-refractivity contribution in [2.24, 2.45) is 0 Å². The molecule has 1 rings (SSSR count). The molecule has 0 aromatic heterocycles. The van der Waals surface area contributed by atoms with E-state index >= 15 is 0 Å². The average molecular weight is 300 g/mol. The molecule has 0 unspecified atom stereocenters. The van der Waals surface area contributed by atoms with E-state index in [-0.39, 0.29) is 12.5 Å². The van der Waals surface area contributed by atoms with Crippen LogP contribution in [-0.4, -0.2) is 25.5 Å². The van der Waals surface area contributed by atoms with E-state index in [0.29, 0.717) is 5.69 Å². The summed E-state index contributed by atoms with van der Waals surface area (Å²) in [6.07, 6.45) is 0. The molecule has 0 aliphatic carbocycles. The molecule has 3 amide bonds. The number of rotatable bonds is 3. The monoisotopic (exact) mass is 299 g/mol. The highest BCUT2D eigenvalue weighted by Gasteiger charge is 2.06. The van der Waals surface area contributed by atoms with Crippen LogP contribution in [0.1, 0.15) is 5.56 Å². The topological polar surface area (TPSA) is 70.2 Å². The van der Waals surface area contributed by atoms with Gasteiger partial charge < -0.3 is 16.0 Å². The van der Waals surface area contributed by atoms with Gasteiger partial charge in [0.2, 0.25) is 5.91 Å². The van der Waals surface area contributed by atoms with Gasteiger partial charge in [0, 0.05) is 17.2 Å². The van der Waals surface area contributed by atoms with E-state index in [1.54, 1.807) is 6.07 Å². The molecule has 1 aromatic rings. The zero-order valence-electron chi connectivity index (χ0n) is 9.63. The van der Waals surface area contributed by atoms with Gasteiger partial charge in [-0.15, -0.1) is 0 Å². The molecule has 0 aliphatic rings. The van der Waals surface area contributed by atoms with Crippen molar-refractivity contribution in [2.45, 2.75) is 6.92 Å². The molecular weight excluding hydrogens is 286 g/mol. The molecule has 6 heteroatoms. The number of hydrogen-bond acceptors (Lipinski definition) is 2. The number of hydrogen-bond donors (Lipinski definition) is 3. The summed E-state index contributed by atoms with van der Waals surface area (Å²) in [7, 11) is 1.51. The maximum atomic E-state index is 11.5. The number of anilines is 1. The molecule has 0 radical (unpaired) electrons. The number of benzene rings is 1. The zero-order valence-corrected chi connectivity index (χ0v) is 11.2. The standard InChI is InChI=1S/C11H14BrN3O2/c1-7-3-4-8(12)5-9(7)15-11(17)14-6-10(16)13-2/h3-5H,6H2,1-2H3,(H,13,16)(H2,14,15,17). The van der Waals surface area contributed by atoms with Crippen LogP contribution in [0.25, 0.3) is 0 Å². The van der Waals surface area contributed by atoms with Crippen molar-refractivity contribution in [3.8, 4) is 0 Å². The third kappa shape index (κ3) is 4.44. The van der Waals surface area contributed by atoms with E-state index in [9.17, 15) is 9.59 Å². The second-order valence-electron chi connectivity index (χ2n) is 3.44. The second-order valence-corrected chi connectivity index (χ2v) is 4.36. The Bertz CT molecular complexity index is 435. The summed E-state index contributed by atoms with van der Waals surface area (Å²) in [4.78, 5) is 22.4. The van der Waals surface area contributed by atoms with Crippen molar-refractivity contribution >= 4 is 33.6 Å². The molecule has 17 heavy (non-hydrogen) atoms. The Balaban J connectivity index is 2.56. The van der Waals surface area contributed by atoms with E-state index < -0.39 is 6.03 Å². The average Bonchev–Trinajstić information content (AvgIpc) is 2.30. The molecule has 0 aliphatic heterocycles. The first-order valence-corrected chi connectivity index (χ1v) is 5.84. The first-order chi connectivity index (χ1) is 8.02. The normalized spacial score (nSPS) is 9.59. The summed E-state index contributed by atoms with van der Waals surface area (Å²) in [5.41, 5.74) is 1.65. The molecule has 1 aromatic carbocycles. The molecule has 3 N–H and O–H groups in total. The molecule has 0 saturated heterocycles. The number of likely N-dealkylation sites (N-methyl/N-ethyl adjacent to an activating group) is 1. The Morgan fingerprint density at radius 1 is 1.35 bits per heavy atom. The summed E-state index contributed by atoms with van der Waals surface area (Å²) < 4.78 is 0.879. The predicted molar refractivity (Wildman–Crippen MR) is 70.0 cm³/mol. The maximum absolute atomic E-state index is 11.5. The second kappa shape index (κ2) is 6.24. The maximum Gasteiger partial charge on any atom is 0.319 e. The first kappa shape index (κ1) is 13.5. The lowest BCUT2D eigenvalue weighted by Crippen LogP contribution is -2.37. The minimum Gasteiger partial charge on any atom is -0.358 e. The van der Waals surface area contributed by atoms with Gasteiger partial charge in [0.15, 0.2) is 0 Å². The number of nitrogens with one attached hydrogen (secondary N) is 3. The van der Waals surface area contributed by atoms with Crippen molar-refractivity contribution in [1.82, 2.24) is 10.6 Å². The van der Waals surface area contributed by atoms with Gasteiger partial charge >= 0.3 is 6.03 Å². The van der Waals surface area contributed by atoms with Gasteiger partial charge in [0.1, 0.15) is 0 Å². The van der Waals surface area contributed by atoms with Crippen LogP contribution in [0.3, 0.4) is 0 Å². The summed E-state index contributed by atoms with van der Waals surface area (Å²) >= 11 is 3.32. The Kier molecular flexibility index (Phi) is 4.96. The number of carbonyl (C=O) groups excluding carboxylic acids is 2. The Morgan fingerprint density at radius 2 is 2.06 bits per heavy atom. The summed E-state index contributed by atoms with van der Waals surface area (Å²) in [6, 6.07) is 5.17. The van der Waals surface area contributed by atoms with Crippen molar-refractivity contribution < 1.29 is 9.59 Å². The van der Waals surface area contributed by atoms with Gasteiger partial charge in [0.25, 0.3) is 0 Å². The molecule has 0 atom stereocenters. The van der Waals surface area contributed by atoms with Gasteiger partial charge in [0.05, 0.1) is 6.54 Å². The number of halogens is 1. The SMILES string of the molecule is CNC(=O)CNC(=O)Nc1cc(Br)ccc1C. The highest BCUT2D eigenvalue weighted by atomic mass is 79.9. The Morgan fingerprint density at radius 3 is 2.71 bits per heavy atom.